The molecule has 190 valence electrons. The molecule has 1 unspecified atom stereocenters. The fourth-order valence-electron chi connectivity index (χ4n) is 8.53. The Kier molecular flexibility index (Phi) is 5.11. The molecular formula is C31H38NO4+. The summed E-state index contributed by atoms with van der Waals surface area (Å²) < 4.78 is 20.7. The Hall–Kier alpha value is -2.37. The van der Waals surface area contributed by atoms with Crippen molar-refractivity contribution in [1.29, 1.82) is 0 Å². The number of aryl methyl sites for hydroxylation is 1. The third-order valence-corrected chi connectivity index (χ3v) is 10.3. The van der Waals surface area contributed by atoms with Crippen LogP contribution >= 0.6 is 0 Å². The normalized spacial score (nSPS) is 35.8. The summed E-state index contributed by atoms with van der Waals surface area (Å²) >= 11 is 0. The Labute approximate surface area is 214 Å². The van der Waals surface area contributed by atoms with Gasteiger partial charge in [0, 0.05) is 37.4 Å². The van der Waals surface area contributed by atoms with Gasteiger partial charge in [-0.15, -0.1) is 0 Å². The summed E-state index contributed by atoms with van der Waals surface area (Å²) in [5.41, 5.74) is 3.15. The minimum absolute atomic E-state index is 0.238. The number of piperidine rings is 1. The minimum atomic E-state index is -0.456. The largest absolute Gasteiger partial charge is 0.493 e. The van der Waals surface area contributed by atoms with Crippen LogP contribution in [0.4, 0.5) is 0 Å². The first-order valence-corrected chi connectivity index (χ1v) is 13.9. The van der Waals surface area contributed by atoms with Gasteiger partial charge >= 0.3 is 0 Å². The first-order valence-electron chi connectivity index (χ1n) is 13.9. The summed E-state index contributed by atoms with van der Waals surface area (Å²) in [4.78, 5) is 13.5. The number of carbonyl (C=O) groups is 1. The van der Waals surface area contributed by atoms with E-state index in [1.165, 1.54) is 36.1 Å². The van der Waals surface area contributed by atoms with Crippen LogP contribution in [0.2, 0.25) is 0 Å². The molecule has 2 aromatic carbocycles. The van der Waals surface area contributed by atoms with Crippen LogP contribution in [-0.4, -0.2) is 61.9 Å². The molecule has 1 spiro atoms. The maximum atomic E-state index is 13.5. The van der Waals surface area contributed by atoms with Crippen LogP contribution in [0, 0.1) is 5.92 Å². The molecule has 1 saturated heterocycles. The highest BCUT2D eigenvalue weighted by molar-refractivity contribution is 5.90. The maximum Gasteiger partial charge on any atom is 0.174 e. The second-order valence-corrected chi connectivity index (χ2v) is 12.2. The standard InChI is InChI=1S/C31H38NO4/c1-32(20-22-10-11-22)17-16-30-27-23-12-13-25(34-2)28(27)36-29(30)24(33)14-15-31(30,26(32)19-23)35-18-6-9-21-7-4-3-5-8-21/h3-5,7-8,12-13,22,26,29H,6,9-11,14-20H2,1-2H3/q+1/t26-,29+,30+,31-,32?/m1/s1. The van der Waals surface area contributed by atoms with Gasteiger partial charge in [0.15, 0.2) is 23.4 Å². The van der Waals surface area contributed by atoms with Gasteiger partial charge in [0.25, 0.3) is 0 Å². The van der Waals surface area contributed by atoms with Crippen LogP contribution < -0.4 is 9.47 Å². The zero-order chi connectivity index (χ0) is 24.5. The number of hydrogen-bond donors (Lipinski definition) is 0. The third-order valence-electron chi connectivity index (χ3n) is 10.3. The first kappa shape index (κ1) is 22.8. The molecule has 2 saturated carbocycles. The van der Waals surface area contributed by atoms with Crippen LogP contribution in [0.25, 0.3) is 0 Å². The lowest BCUT2D eigenvalue weighted by Gasteiger charge is -2.66. The number of rotatable bonds is 8. The number of ether oxygens (including phenoxy) is 3. The molecule has 7 rings (SSSR count). The number of ketones is 1. The molecule has 5 aliphatic rings. The van der Waals surface area contributed by atoms with E-state index in [0.717, 1.165) is 60.5 Å². The number of nitrogens with zero attached hydrogens (tertiary/aromatic N) is 1. The van der Waals surface area contributed by atoms with Gasteiger partial charge in [-0.3, -0.25) is 4.79 Å². The van der Waals surface area contributed by atoms with Gasteiger partial charge in [0.2, 0.25) is 0 Å². The highest BCUT2D eigenvalue weighted by atomic mass is 16.5. The van der Waals surface area contributed by atoms with Crippen molar-refractivity contribution < 1.29 is 23.5 Å². The van der Waals surface area contributed by atoms with E-state index in [4.69, 9.17) is 14.2 Å². The summed E-state index contributed by atoms with van der Waals surface area (Å²) in [5.74, 6) is 2.64. The van der Waals surface area contributed by atoms with E-state index in [1.54, 1.807) is 7.11 Å². The Morgan fingerprint density at radius 2 is 1.94 bits per heavy atom. The lowest BCUT2D eigenvalue weighted by Crippen LogP contribution is -2.81. The number of Topliss-reactive ketones (excluding diaryl/α,β-unsaturated/α-hetero) is 1. The van der Waals surface area contributed by atoms with Gasteiger partial charge in [0.1, 0.15) is 11.6 Å². The second-order valence-electron chi connectivity index (χ2n) is 12.2. The molecule has 0 N–H and O–H groups in total. The number of quaternary nitrogens is 1. The summed E-state index contributed by atoms with van der Waals surface area (Å²) in [6.45, 7) is 3.03. The predicted octanol–water partition coefficient (Wildman–Crippen LogP) is 4.63. The van der Waals surface area contributed by atoms with E-state index >= 15 is 0 Å². The fourth-order valence-corrected chi connectivity index (χ4v) is 8.53. The van der Waals surface area contributed by atoms with Gasteiger partial charge in [-0.2, -0.15) is 0 Å². The summed E-state index contributed by atoms with van der Waals surface area (Å²) in [6.07, 6.45) is 7.53. The highest BCUT2D eigenvalue weighted by Gasteiger charge is 2.77. The number of carbonyl (C=O) groups excluding carboxylic acids is 1. The number of likely N-dealkylation sites (tertiary alicyclic amines) is 1. The highest BCUT2D eigenvalue weighted by Crippen LogP contribution is 2.67. The fraction of sp³-hybridized carbons (Fsp3) is 0.581. The van der Waals surface area contributed by atoms with E-state index in [9.17, 15) is 4.79 Å². The molecular weight excluding hydrogens is 450 g/mol. The van der Waals surface area contributed by atoms with Crippen LogP contribution in [0.3, 0.4) is 0 Å². The van der Waals surface area contributed by atoms with Crippen molar-refractivity contribution >= 4 is 5.78 Å². The van der Waals surface area contributed by atoms with Gasteiger partial charge < -0.3 is 18.7 Å². The van der Waals surface area contributed by atoms with Crippen LogP contribution in [0.5, 0.6) is 11.5 Å². The van der Waals surface area contributed by atoms with Crippen molar-refractivity contribution in [2.24, 2.45) is 5.92 Å². The molecule has 0 radical (unpaired) electrons. The molecule has 36 heavy (non-hydrogen) atoms. The SMILES string of the molecule is COc1ccc2c3c1O[C@H]1C(=O)CC[C@@]4(OCCCc5ccccc5)[C@@H](C2)[N+](C)(CC2CC2)CC[C@]314. The Bertz CT molecular complexity index is 1190. The van der Waals surface area contributed by atoms with Gasteiger partial charge in [-0.25, -0.2) is 0 Å². The van der Waals surface area contributed by atoms with E-state index in [2.05, 4.69) is 43.4 Å². The molecule has 2 aromatic rings. The molecule has 0 amide bonds. The number of methoxy groups -OCH3 is 1. The third kappa shape index (κ3) is 3.05. The Morgan fingerprint density at radius 3 is 2.72 bits per heavy atom. The quantitative estimate of drug-likeness (QED) is 0.402. The van der Waals surface area contributed by atoms with Crippen LogP contribution in [-0.2, 0) is 27.8 Å². The number of hydrogen-bond acceptors (Lipinski definition) is 4. The Balaban J connectivity index is 1.31. The summed E-state index contributed by atoms with van der Waals surface area (Å²) in [7, 11) is 4.17. The average Bonchev–Trinajstić information content (AvgIpc) is 3.63. The average molecular weight is 489 g/mol. The number of likely N-dealkylation sites (N-methyl/N-ethyl adjacent to an activating group) is 1. The van der Waals surface area contributed by atoms with Gasteiger partial charge in [-0.1, -0.05) is 36.4 Å². The maximum absolute atomic E-state index is 13.5. The van der Waals surface area contributed by atoms with E-state index in [-0.39, 0.29) is 11.4 Å². The van der Waals surface area contributed by atoms with Crippen LogP contribution in [0.15, 0.2) is 42.5 Å². The van der Waals surface area contributed by atoms with Crippen molar-refractivity contribution in [2.45, 2.75) is 74.5 Å². The monoisotopic (exact) mass is 488 g/mol. The topological polar surface area (TPSA) is 44.8 Å². The van der Waals surface area contributed by atoms with E-state index < -0.39 is 11.5 Å². The Morgan fingerprint density at radius 1 is 1.11 bits per heavy atom. The molecule has 3 aliphatic carbocycles. The van der Waals surface area contributed by atoms with Gasteiger partial charge in [0.05, 0.1) is 32.7 Å². The first-order chi connectivity index (χ1) is 17.5. The predicted molar refractivity (Wildman–Crippen MR) is 138 cm³/mol. The van der Waals surface area contributed by atoms with Crippen molar-refractivity contribution in [3.8, 4) is 11.5 Å². The molecule has 3 fully saturated rings. The van der Waals surface area contributed by atoms with E-state index in [1.807, 2.05) is 6.07 Å². The van der Waals surface area contributed by atoms with E-state index in [0.29, 0.717) is 19.1 Å². The second kappa shape index (κ2) is 8.06. The molecule has 5 nitrogen and oxygen atoms in total. The van der Waals surface area contributed by atoms with Crippen LogP contribution in [0.1, 0.15) is 55.2 Å². The van der Waals surface area contributed by atoms with Crippen molar-refractivity contribution in [3.63, 3.8) is 0 Å². The molecule has 2 bridgehead atoms. The zero-order valence-electron chi connectivity index (χ0n) is 21.6. The molecule has 0 aromatic heterocycles. The van der Waals surface area contributed by atoms with Gasteiger partial charge in [-0.05, 0) is 49.3 Å². The lowest BCUT2D eigenvalue weighted by molar-refractivity contribution is -0.950. The molecule has 5 heteroatoms. The smallest absolute Gasteiger partial charge is 0.174 e. The van der Waals surface area contributed by atoms with Crippen molar-refractivity contribution in [2.75, 3.05) is 33.9 Å². The minimum Gasteiger partial charge on any atom is -0.493 e. The zero-order valence-corrected chi connectivity index (χ0v) is 21.6. The van der Waals surface area contributed by atoms with Crippen molar-refractivity contribution in [1.82, 2.24) is 0 Å². The summed E-state index contributed by atoms with van der Waals surface area (Å²) in [6, 6.07) is 15.3. The molecule has 2 heterocycles. The molecule has 5 atom stereocenters. The summed E-state index contributed by atoms with van der Waals surface area (Å²) in [5, 5.41) is 0. The van der Waals surface area contributed by atoms with Crippen molar-refractivity contribution in [3.05, 3.63) is 59.2 Å². The number of benzene rings is 2. The lowest BCUT2D eigenvalue weighted by atomic mass is 9.48. The molecule has 2 aliphatic heterocycles.